The molecule has 1 aliphatic rings. The zero-order chi connectivity index (χ0) is 11.3. The number of hydrogen-bond acceptors (Lipinski definition) is 2. The van der Waals surface area contributed by atoms with E-state index in [0.717, 1.165) is 12.8 Å². The second-order valence-corrected chi connectivity index (χ2v) is 4.76. The highest BCUT2D eigenvalue weighted by Gasteiger charge is 2.30. The molecule has 1 fully saturated rings. The first kappa shape index (κ1) is 12.7. The second kappa shape index (κ2) is 6.30. The fourth-order valence-corrected chi connectivity index (χ4v) is 2.54. The maximum absolute atomic E-state index is 11.4. The van der Waals surface area contributed by atoms with E-state index in [2.05, 4.69) is 42.2 Å². The zero-order valence-electron chi connectivity index (χ0n) is 8.99. The topological polar surface area (TPSA) is 26.3 Å². The predicted molar refractivity (Wildman–Crippen MR) is 69.7 cm³/mol. The first-order valence-electron chi connectivity index (χ1n) is 5.24. The average Bonchev–Trinajstić information content (AvgIpc) is 2.17. The molecule has 3 heteroatoms. The fourth-order valence-electron chi connectivity index (χ4n) is 1.89. The van der Waals surface area contributed by atoms with Gasteiger partial charge in [0.15, 0.2) is 0 Å². The fraction of sp³-hybridized carbons (Fsp3) is 0.583. The van der Waals surface area contributed by atoms with E-state index in [9.17, 15) is 4.79 Å². The van der Waals surface area contributed by atoms with Gasteiger partial charge in [0.25, 0.3) is 0 Å². The molecule has 1 rings (SSSR count). The highest BCUT2D eigenvalue weighted by atomic mass is 127. The minimum absolute atomic E-state index is 0.0437. The molecule has 3 atom stereocenters. The summed E-state index contributed by atoms with van der Waals surface area (Å²) in [5.74, 6) is 0.657. The van der Waals surface area contributed by atoms with Crippen LogP contribution in [0.4, 0.5) is 0 Å². The van der Waals surface area contributed by atoms with E-state index in [0.29, 0.717) is 18.3 Å². The van der Waals surface area contributed by atoms with E-state index in [1.807, 2.05) is 10.2 Å². The maximum Gasteiger partial charge on any atom is 0.306 e. The van der Waals surface area contributed by atoms with Gasteiger partial charge in [-0.1, -0.05) is 41.7 Å². The Bertz CT molecular complexity index is 260. The van der Waals surface area contributed by atoms with E-state index in [1.54, 1.807) is 0 Å². The highest BCUT2D eigenvalue weighted by molar-refractivity contribution is 14.1. The third-order valence-electron chi connectivity index (χ3n) is 2.77. The van der Waals surface area contributed by atoms with Crippen molar-refractivity contribution in [3.8, 4) is 0 Å². The minimum Gasteiger partial charge on any atom is -0.462 e. The molecule has 84 valence electrons. The molecule has 0 unspecified atom stereocenters. The third kappa shape index (κ3) is 3.97. The minimum atomic E-state index is -0.0631. The van der Waals surface area contributed by atoms with Crippen LogP contribution in [0.2, 0.25) is 0 Å². The molecule has 2 nitrogen and oxygen atoms in total. The zero-order valence-corrected chi connectivity index (χ0v) is 11.1. The van der Waals surface area contributed by atoms with Gasteiger partial charge in [0, 0.05) is 12.3 Å². The van der Waals surface area contributed by atoms with Gasteiger partial charge >= 0.3 is 5.97 Å². The van der Waals surface area contributed by atoms with Crippen molar-refractivity contribution in [1.29, 1.82) is 0 Å². The summed E-state index contributed by atoms with van der Waals surface area (Å²) in [5.41, 5.74) is 0. The van der Waals surface area contributed by atoms with Gasteiger partial charge in [-0.2, -0.15) is 0 Å². The number of allylic oxidation sites excluding steroid dienone is 1. The highest BCUT2D eigenvalue weighted by Crippen LogP contribution is 2.28. The van der Waals surface area contributed by atoms with Crippen molar-refractivity contribution < 1.29 is 9.53 Å². The number of carbonyl (C=O) groups is 1. The molecule has 1 aliphatic heterocycles. The van der Waals surface area contributed by atoms with Gasteiger partial charge in [-0.05, 0) is 22.8 Å². The lowest BCUT2D eigenvalue weighted by Gasteiger charge is -2.30. The summed E-state index contributed by atoms with van der Waals surface area (Å²) >= 11 is 2.19. The summed E-state index contributed by atoms with van der Waals surface area (Å²) in [6, 6.07) is 0. The average molecular weight is 320 g/mol. The first-order valence-corrected chi connectivity index (χ1v) is 6.49. The smallest absolute Gasteiger partial charge is 0.306 e. The molecule has 1 saturated heterocycles. The van der Waals surface area contributed by atoms with Crippen molar-refractivity contribution in [3.63, 3.8) is 0 Å². The predicted octanol–water partition coefficient (Wildman–Crippen LogP) is 3.47. The van der Waals surface area contributed by atoms with Gasteiger partial charge in [-0.3, -0.25) is 4.79 Å². The molecule has 0 aromatic carbocycles. The molecule has 0 amide bonds. The summed E-state index contributed by atoms with van der Waals surface area (Å²) in [7, 11) is 0. The Morgan fingerprint density at radius 3 is 3.07 bits per heavy atom. The number of ether oxygens (including phenoxy) is 1. The van der Waals surface area contributed by atoms with Crippen LogP contribution in [0.25, 0.3) is 0 Å². The van der Waals surface area contributed by atoms with Gasteiger partial charge in [-0.15, -0.1) is 6.58 Å². The lowest BCUT2D eigenvalue weighted by Crippen LogP contribution is -2.33. The van der Waals surface area contributed by atoms with Crippen LogP contribution < -0.4 is 0 Å². The van der Waals surface area contributed by atoms with Crippen molar-refractivity contribution in [2.45, 2.75) is 32.3 Å². The van der Waals surface area contributed by atoms with Crippen molar-refractivity contribution in [3.05, 3.63) is 22.8 Å². The molecule has 0 N–H and O–H groups in total. The molecular weight excluding hydrogens is 303 g/mol. The van der Waals surface area contributed by atoms with Gasteiger partial charge < -0.3 is 4.74 Å². The summed E-state index contributed by atoms with van der Waals surface area (Å²) < 4.78 is 7.33. The Hall–Kier alpha value is -0.320. The van der Waals surface area contributed by atoms with Crippen LogP contribution >= 0.6 is 22.6 Å². The molecule has 0 bridgehead atoms. The SMILES string of the molecule is C=CC[C@@H]1CC(=O)O[C@@H]([C@H](C)/C=C/I)C1. The molecule has 0 spiro atoms. The Kier molecular flexibility index (Phi) is 5.36. The van der Waals surface area contributed by atoms with Gasteiger partial charge in [0.05, 0.1) is 0 Å². The maximum atomic E-state index is 11.4. The van der Waals surface area contributed by atoms with Gasteiger partial charge in [-0.25, -0.2) is 0 Å². The van der Waals surface area contributed by atoms with Crippen LogP contribution in [0.15, 0.2) is 22.8 Å². The van der Waals surface area contributed by atoms with Crippen LogP contribution in [0.5, 0.6) is 0 Å². The van der Waals surface area contributed by atoms with Crippen LogP contribution in [-0.2, 0) is 9.53 Å². The van der Waals surface area contributed by atoms with E-state index in [4.69, 9.17) is 4.74 Å². The quantitative estimate of drug-likeness (QED) is 0.450. The monoisotopic (exact) mass is 320 g/mol. The number of esters is 1. The summed E-state index contributed by atoms with van der Waals surface area (Å²) in [4.78, 5) is 11.4. The Balaban J connectivity index is 2.58. The van der Waals surface area contributed by atoms with E-state index in [-0.39, 0.29) is 12.1 Å². The molecular formula is C12H17IO2. The van der Waals surface area contributed by atoms with E-state index >= 15 is 0 Å². The molecule has 0 aliphatic carbocycles. The van der Waals surface area contributed by atoms with Gasteiger partial charge in [0.2, 0.25) is 0 Å². The van der Waals surface area contributed by atoms with Crippen molar-refractivity contribution in [2.24, 2.45) is 11.8 Å². The Morgan fingerprint density at radius 2 is 2.47 bits per heavy atom. The standard InChI is InChI=1S/C12H17IO2/c1-3-4-10-7-11(9(2)5-6-13)15-12(14)8-10/h3,5-6,9-11H,1,4,7-8H2,2H3/b6-5+/t9-,10+,11-/m1/s1. The van der Waals surface area contributed by atoms with Crippen molar-refractivity contribution >= 4 is 28.6 Å². The van der Waals surface area contributed by atoms with Crippen LogP contribution in [-0.4, -0.2) is 12.1 Å². The number of cyclic esters (lactones) is 1. The van der Waals surface area contributed by atoms with E-state index < -0.39 is 0 Å². The van der Waals surface area contributed by atoms with Crippen LogP contribution in [0.1, 0.15) is 26.2 Å². The lowest BCUT2D eigenvalue weighted by molar-refractivity contribution is -0.158. The number of halogens is 1. The molecule has 0 radical (unpaired) electrons. The lowest BCUT2D eigenvalue weighted by atomic mass is 9.87. The van der Waals surface area contributed by atoms with Crippen LogP contribution in [0, 0.1) is 11.8 Å². The number of carbonyl (C=O) groups excluding carboxylic acids is 1. The van der Waals surface area contributed by atoms with Crippen molar-refractivity contribution in [2.75, 3.05) is 0 Å². The Labute approximate surface area is 105 Å². The largest absolute Gasteiger partial charge is 0.462 e. The molecule has 0 aromatic heterocycles. The van der Waals surface area contributed by atoms with Gasteiger partial charge in [0.1, 0.15) is 6.10 Å². The third-order valence-corrected chi connectivity index (χ3v) is 3.18. The van der Waals surface area contributed by atoms with Crippen molar-refractivity contribution in [1.82, 2.24) is 0 Å². The molecule has 15 heavy (non-hydrogen) atoms. The van der Waals surface area contributed by atoms with Crippen LogP contribution in [0.3, 0.4) is 0 Å². The first-order chi connectivity index (χ1) is 7.17. The molecule has 1 heterocycles. The molecule has 0 aromatic rings. The normalized spacial score (nSPS) is 28.8. The summed E-state index contributed by atoms with van der Waals surface area (Å²) in [5, 5.41) is 0. The number of rotatable bonds is 4. The summed E-state index contributed by atoms with van der Waals surface area (Å²) in [6.07, 6.45) is 6.42. The second-order valence-electron chi connectivity index (χ2n) is 4.04. The summed E-state index contributed by atoms with van der Waals surface area (Å²) in [6.45, 7) is 5.81. The van der Waals surface area contributed by atoms with E-state index in [1.165, 1.54) is 0 Å². The molecule has 0 saturated carbocycles. The number of hydrogen-bond donors (Lipinski definition) is 0. The Morgan fingerprint density at radius 1 is 1.73 bits per heavy atom.